The second-order valence-electron chi connectivity index (χ2n) is 11.7. The molecular weight excluding hydrogens is 474 g/mol. The first-order valence-electron chi connectivity index (χ1n) is 16.8. The Morgan fingerprint density at radius 2 is 0.895 bits per heavy atom. The maximum Gasteiger partial charge on any atom is 0.220 e. The molecule has 5 heteroatoms. The molecule has 0 saturated carbocycles. The van der Waals surface area contributed by atoms with Crippen LogP contribution in [0.25, 0.3) is 0 Å². The molecule has 0 fully saturated rings. The van der Waals surface area contributed by atoms with Gasteiger partial charge in [0.05, 0.1) is 18.8 Å². The molecule has 0 spiro atoms. The predicted octanol–water partition coefficient (Wildman–Crippen LogP) is 8.37. The lowest BCUT2D eigenvalue weighted by molar-refractivity contribution is -0.124. The molecule has 3 atom stereocenters. The molecule has 0 heterocycles. The van der Waals surface area contributed by atoms with Crippen LogP contribution in [-0.2, 0) is 4.79 Å². The Balaban J connectivity index is 3.70. The maximum absolute atomic E-state index is 12.3. The molecular formula is C33H67NO4. The fourth-order valence-corrected chi connectivity index (χ4v) is 5.28. The van der Waals surface area contributed by atoms with Crippen molar-refractivity contribution in [2.24, 2.45) is 0 Å². The van der Waals surface area contributed by atoms with E-state index in [0.29, 0.717) is 12.8 Å². The third-order valence-electron chi connectivity index (χ3n) is 7.96. The highest BCUT2D eigenvalue weighted by molar-refractivity contribution is 5.76. The number of hydrogen-bond donors (Lipinski definition) is 4. The minimum absolute atomic E-state index is 0.145. The van der Waals surface area contributed by atoms with E-state index in [9.17, 15) is 20.1 Å². The Labute approximate surface area is 237 Å². The number of unbranched alkanes of at least 4 members (excludes halogenated alkanes) is 22. The fraction of sp³-hybridized carbons (Fsp3) is 0.970. The lowest BCUT2D eigenvalue weighted by atomic mass is 9.99. The van der Waals surface area contributed by atoms with E-state index in [1.54, 1.807) is 0 Å². The lowest BCUT2D eigenvalue weighted by Crippen LogP contribution is -2.50. The summed E-state index contributed by atoms with van der Waals surface area (Å²) in [6.45, 7) is 4.15. The van der Waals surface area contributed by atoms with Crippen molar-refractivity contribution in [1.29, 1.82) is 0 Å². The lowest BCUT2D eigenvalue weighted by Gasteiger charge is -2.26. The second kappa shape index (κ2) is 29.3. The van der Waals surface area contributed by atoms with Crippen molar-refractivity contribution in [3.63, 3.8) is 0 Å². The van der Waals surface area contributed by atoms with Gasteiger partial charge in [-0.2, -0.15) is 0 Å². The number of rotatable bonds is 30. The molecule has 0 aliphatic carbocycles. The number of aliphatic hydroxyl groups excluding tert-OH is 3. The van der Waals surface area contributed by atoms with E-state index in [1.807, 2.05) is 0 Å². The van der Waals surface area contributed by atoms with E-state index in [-0.39, 0.29) is 12.5 Å². The standard InChI is InChI=1S/C33H67NO4/c1-3-5-7-9-11-13-15-16-18-20-22-24-26-28-32(37)34-30(29-35)33(38)31(36)27-25-23-21-19-17-14-12-10-8-6-4-2/h30-31,33,35-36,38H,3-29H2,1-2H3,(H,34,37)/t30-,31+,33-/m0/s1. The molecule has 0 aromatic rings. The molecule has 5 nitrogen and oxygen atoms in total. The van der Waals surface area contributed by atoms with Crippen LogP contribution in [0.1, 0.15) is 181 Å². The molecule has 1 amide bonds. The van der Waals surface area contributed by atoms with Gasteiger partial charge in [0.2, 0.25) is 5.91 Å². The minimum atomic E-state index is -1.13. The van der Waals surface area contributed by atoms with E-state index >= 15 is 0 Å². The first-order valence-corrected chi connectivity index (χ1v) is 16.8. The van der Waals surface area contributed by atoms with Crippen molar-refractivity contribution < 1.29 is 20.1 Å². The highest BCUT2D eigenvalue weighted by Gasteiger charge is 2.26. The molecule has 228 valence electrons. The largest absolute Gasteiger partial charge is 0.394 e. The first-order chi connectivity index (χ1) is 18.6. The summed E-state index contributed by atoms with van der Waals surface area (Å²) in [6.07, 6.45) is 29.0. The van der Waals surface area contributed by atoms with Gasteiger partial charge in [-0.1, -0.05) is 162 Å². The highest BCUT2D eigenvalue weighted by Crippen LogP contribution is 2.15. The SMILES string of the molecule is CCCCCCCCCCCCCCCC(=O)N[C@@H](CO)[C@H](O)[C@H](O)CCCCCCCCCCCCC. The molecule has 0 aromatic carbocycles. The molecule has 0 unspecified atom stereocenters. The van der Waals surface area contributed by atoms with Crippen molar-refractivity contribution >= 4 is 5.91 Å². The third-order valence-corrected chi connectivity index (χ3v) is 7.96. The second-order valence-corrected chi connectivity index (χ2v) is 11.7. The maximum atomic E-state index is 12.3. The number of carbonyl (C=O) groups excluding carboxylic acids is 1. The predicted molar refractivity (Wildman–Crippen MR) is 162 cm³/mol. The van der Waals surface area contributed by atoms with Gasteiger partial charge >= 0.3 is 0 Å². The van der Waals surface area contributed by atoms with Crippen LogP contribution < -0.4 is 5.32 Å². The van der Waals surface area contributed by atoms with Crippen LogP contribution in [-0.4, -0.2) is 46.1 Å². The zero-order valence-corrected chi connectivity index (χ0v) is 25.6. The number of hydrogen-bond acceptors (Lipinski definition) is 4. The number of amides is 1. The topological polar surface area (TPSA) is 89.8 Å². The molecule has 0 aliphatic rings. The summed E-state index contributed by atoms with van der Waals surface area (Å²) in [5.74, 6) is -0.145. The summed E-state index contributed by atoms with van der Waals surface area (Å²) < 4.78 is 0. The summed E-state index contributed by atoms with van der Waals surface area (Å²) in [5, 5.41) is 33.2. The Kier molecular flexibility index (Phi) is 28.8. The molecule has 0 rings (SSSR count). The van der Waals surface area contributed by atoms with Crippen LogP contribution in [0.3, 0.4) is 0 Å². The van der Waals surface area contributed by atoms with E-state index in [1.165, 1.54) is 116 Å². The third kappa shape index (κ3) is 24.4. The van der Waals surface area contributed by atoms with E-state index in [0.717, 1.165) is 38.5 Å². The van der Waals surface area contributed by atoms with Crippen molar-refractivity contribution in [2.75, 3.05) is 6.61 Å². The summed E-state index contributed by atoms with van der Waals surface area (Å²) in [6, 6.07) is -0.799. The van der Waals surface area contributed by atoms with Gasteiger partial charge in [0.25, 0.3) is 0 Å². The van der Waals surface area contributed by atoms with Gasteiger partial charge in [-0.25, -0.2) is 0 Å². The first kappa shape index (κ1) is 37.4. The smallest absolute Gasteiger partial charge is 0.220 e. The van der Waals surface area contributed by atoms with Gasteiger partial charge in [0.15, 0.2) is 0 Å². The zero-order chi connectivity index (χ0) is 28.1. The van der Waals surface area contributed by atoms with Crippen molar-refractivity contribution in [3.8, 4) is 0 Å². The van der Waals surface area contributed by atoms with E-state index in [4.69, 9.17) is 0 Å². The van der Waals surface area contributed by atoms with Crippen LogP contribution in [0.2, 0.25) is 0 Å². The Bertz CT molecular complexity index is 488. The van der Waals surface area contributed by atoms with Crippen molar-refractivity contribution in [3.05, 3.63) is 0 Å². The van der Waals surface area contributed by atoms with Crippen LogP contribution in [0.5, 0.6) is 0 Å². The highest BCUT2D eigenvalue weighted by atomic mass is 16.3. The molecule has 0 bridgehead atoms. The molecule has 4 N–H and O–H groups in total. The van der Waals surface area contributed by atoms with Gasteiger partial charge in [-0.05, 0) is 12.8 Å². The van der Waals surface area contributed by atoms with E-state index in [2.05, 4.69) is 19.2 Å². The Morgan fingerprint density at radius 1 is 0.553 bits per heavy atom. The normalized spacial score (nSPS) is 13.9. The van der Waals surface area contributed by atoms with Crippen LogP contribution in [0, 0.1) is 0 Å². The average Bonchev–Trinajstić information content (AvgIpc) is 2.92. The number of nitrogens with one attached hydrogen (secondary N) is 1. The fourth-order valence-electron chi connectivity index (χ4n) is 5.28. The van der Waals surface area contributed by atoms with Gasteiger partial charge in [0.1, 0.15) is 6.10 Å². The molecule has 0 aliphatic heterocycles. The summed E-state index contributed by atoms with van der Waals surface area (Å²) in [7, 11) is 0. The summed E-state index contributed by atoms with van der Waals surface area (Å²) in [4.78, 5) is 12.3. The quantitative estimate of drug-likeness (QED) is 0.0688. The zero-order valence-electron chi connectivity index (χ0n) is 25.6. The van der Waals surface area contributed by atoms with Crippen molar-refractivity contribution in [2.45, 2.75) is 199 Å². The molecule has 38 heavy (non-hydrogen) atoms. The Morgan fingerprint density at radius 3 is 1.26 bits per heavy atom. The van der Waals surface area contributed by atoms with Gasteiger partial charge in [-0.3, -0.25) is 4.79 Å². The van der Waals surface area contributed by atoms with Gasteiger partial charge in [0, 0.05) is 6.42 Å². The monoisotopic (exact) mass is 542 g/mol. The molecule has 0 saturated heterocycles. The van der Waals surface area contributed by atoms with Gasteiger partial charge in [-0.15, -0.1) is 0 Å². The van der Waals surface area contributed by atoms with Crippen molar-refractivity contribution in [1.82, 2.24) is 5.32 Å². The average molecular weight is 542 g/mol. The van der Waals surface area contributed by atoms with Crippen LogP contribution >= 0.6 is 0 Å². The van der Waals surface area contributed by atoms with E-state index < -0.39 is 18.2 Å². The minimum Gasteiger partial charge on any atom is -0.394 e. The van der Waals surface area contributed by atoms with Crippen LogP contribution in [0.15, 0.2) is 0 Å². The summed E-state index contributed by atoms with van der Waals surface area (Å²) >= 11 is 0. The Hall–Kier alpha value is -0.650. The number of aliphatic hydroxyl groups is 3. The van der Waals surface area contributed by atoms with Gasteiger partial charge < -0.3 is 20.6 Å². The number of carbonyl (C=O) groups is 1. The van der Waals surface area contributed by atoms with Crippen LogP contribution in [0.4, 0.5) is 0 Å². The molecule has 0 radical (unpaired) electrons. The molecule has 0 aromatic heterocycles. The summed E-state index contributed by atoms with van der Waals surface area (Å²) in [5.41, 5.74) is 0.